The van der Waals surface area contributed by atoms with Crippen LogP contribution in [0.3, 0.4) is 0 Å². The van der Waals surface area contributed by atoms with E-state index in [0.717, 1.165) is 31.2 Å². The van der Waals surface area contributed by atoms with Gasteiger partial charge in [-0.25, -0.2) is 4.79 Å². The van der Waals surface area contributed by atoms with Crippen LogP contribution in [0.25, 0.3) is 22.1 Å². The lowest BCUT2D eigenvalue weighted by Crippen LogP contribution is -2.24. The first-order valence-electron chi connectivity index (χ1n) is 9.74. The first-order chi connectivity index (χ1) is 14.1. The van der Waals surface area contributed by atoms with Crippen molar-refractivity contribution in [3.63, 3.8) is 0 Å². The maximum atomic E-state index is 12.8. The van der Waals surface area contributed by atoms with Crippen molar-refractivity contribution in [3.05, 3.63) is 64.0 Å². The summed E-state index contributed by atoms with van der Waals surface area (Å²) in [4.78, 5) is 24.8. The number of rotatable bonds is 5. The Kier molecular flexibility index (Phi) is 5.86. The van der Waals surface area contributed by atoms with E-state index >= 15 is 0 Å². The summed E-state index contributed by atoms with van der Waals surface area (Å²) in [5.41, 5.74) is 1.44. The molecule has 2 aromatic carbocycles. The zero-order valence-corrected chi connectivity index (χ0v) is 16.6. The van der Waals surface area contributed by atoms with Gasteiger partial charge in [0.2, 0.25) is 0 Å². The predicted molar refractivity (Wildman–Crippen MR) is 111 cm³/mol. The van der Waals surface area contributed by atoms with Crippen LogP contribution in [-0.4, -0.2) is 18.7 Å². The quantitative estimate of drug-likeness (QED) is 0.527. The largest absolute Gasteiger partial charge is 0.482 e. The van der Waals surface area contributed by atoms with Gasteiger partial charge in [-0.05, 0) is 55.5 Å². The second-order valence-electron chi connectivity index (χ2n) is 7.18. The third-order valence-electron chi connectivity index (χ3n) is 5.11. The van der Waals surface area contributed by atoms with E-state index in [-0.39, 0.29) is 24.1 Å². The highest BCUT2D eigenvalue weighted by molar-refractivity contribution is 6.30. The van der Waals surface area contributed by atoms with Gasteiger partial charge in [-0.1, -0.05) is 30.2 Å². The Labute approximate surface area is 173 Å². The first kappa shape index (κ1) is 19.5. The van der Waals surface area contributed by atoms with E-state index < -0.39 is 0 Å². The fourth-order valence-electron chi connectivity index (χ4n) is 3.57. The van der Waals surface area contributed by atoms with E-state index in [1.165, 1.54) is 12.7 Å². The smallest absolute Gasteiger partial charge is 0.344 e. The second-order valence-corrected chi connectivity index (χ2v) is 7.62. The van der Waals surface area contributed by atoms with Crippen LogP contribution in [0.4, 0.5) is 0 Å². The molecule has 1 saturated carbocycles. The van der Waals surface area contributed by atoms with E-state index in [9.17, 15) is 9.59 Å². The number of hydrogen-bond acceptors (Lipinski definition) is 5. The summed E-state index contributed by atoms with van der Waals surface area (Å²) in [5.74, 6) is 0.0667. The number of esters is 1. The Bertz CT molecular complexity index is 1060. The summed E-state index contributed by atoms with van der Waals surface area (Å²) < 4.78 is 16.6. The van der Waals surface area contributed by atoms with Crippen LogP contribution in [0, 0.1) is 0 Å². The molecule has 0 atom stereocenters. The minimum Gasteiger partial charge on any atom is -0.482 e. The van der Waals surface area contributed by atoms with E-state index in [4.69, 9.17) is 25.5 Å². The third-order valence-corrected chi connectivity index (χ3v) is 5.36. The van der Waals surface area contributed by atoms with Gasteiger partial charge in [-0.2, -0.15) is 0 Å². The minimum atomic E-state index is -0.378. The van der Waals surface area contributed by atoms with Gasteiger partial charge >= 0.3 is 5.97 Å². The van der Waals surface area contributed by atoms with Gasteiger partial charge in [0, 0.05) is 11.1 Å². The van der Waals surface area contributed by atoms with Crippen molar-refractivity contribution in [1.82, 2.24) is 0 Å². The summed E-state index contributed by atoms with van der Waals surface area (Å²) in [6, 6.07) is 11.9. The van der Waals surface area contributed by atoms with Crippen LogP contribution in [-0.2, 0) is 9.53 Å². The van der Waals surface area contributed by atoms with Gasteiger partial charge in [-0.3, -0.25) is 4.79 Å². The average molecular weight is 413 g/mol. The van der Waals surface area contributed by atoms with E-state index in [0.29, 0.717) is 27.3 Å². The molecule has 0 saturated heterocycles. The molecule has 0 spiro atoms. The van der Waals surface area contributed by atoms with E-state index in [1.54, 1.807) is 42.5 Å². The van der Waals surface area contributed by atoms with Gasteiger partial charge in [0.15, 0.2) is 12.0 Å². The molecule has 1 aliphatic carbocycles. The second kappa shape index (κ2) is 8.70. The lowest BCUT2D eigenvalue weighted by Gasteiger charge is -2.21. The normalized spacial score (nSPS) is 14.7. The van der Waals surface area contributed by atoms with Crippen molar-refractivity contribution in [2.24, 2.45) is 0 Å². The fourth-order valence-corrected chi connectivity index (χ4v) is 3.70. The zero-order valence-electron chi connectivity index (χ0n) is 15.9. The van der Waals surface area contributed by atoms with Crippen molar-refractivity contribution in [3.8, 4) is 16.9 Å². The van der Waals surface area contributed by atoms with Crippen molar-refractivity contribution in [1.29, 1.82) is 0 Å². The molecule has 5 nitrogen and oxygen atoms in total. The molecular formula is C23H21ClO5. The Morgan fingerprint density at radius 3 is 2.59 bits per heavy atom. The summed E-state index contributed by atoms with van der Waals surface area (Å²) >= 11 is 5.91. The Morgan fingerprint density at radius 2 is 1.83 bits per heavy atom. The van der Waals surface area contributed by atoms with Gasteiger partial charge in [0.05, 0.1) is 10.9 Å². The lowest BCUT2D eigenvalue weighted by molar-refractivity contribution is -0.152. The lowest BCUT2D eigenvalue weighted by atomic mass is 9.98. The van der Waals surface area contributed by atoms with Gasteiger partial charge in [-0.15, -0.1) is 0 Å². The van der Waals surface area contributed by atoms with E-state index in [1.807, 2.05) is 0 Å². The number of benzene rings is 2. The summed E-state index contributed by atoms with van der Waals surface area (Å²) in [6.45, 7) is -0.172. The molecular weight excluding hydrogens is 392 g/mol. The maximum Gasteiger partial charge on any atom is 0.344 e. The monoisotopic (exact) mass is 412 g/mol. The molecule has 1 aliphatic rings. The highest BCUT2D eigenvalue weighted by Crippen LogP contribution is 2.24. The number of ether oxygens (including phenoxy) is 2. The van der Waals surface area contributed by atoms with Gasteiger partial charge in [0.1, 0.15) is 23.7 Å². The molecule has 0 radical (unpaired) electrons. The third kappa shape index (κ3) is 4.62. The SMILES string of the molecule is O=C(COc1ccc2c(=O)c(-c3ccc(Cl)cc3)coc2c1)OC1CCCCC1. The molecule has 1 aromatic heterocycles. The molecule has 0 unspecified atom stereocenters. The molecule has 1 heterocycles. The number of carbonyl (C=O) groups is 1. The molecule has 3 aromatic rings. The number of halogens is 1. The van der Waals surface area contributed by atoms with Crippen molar-refractivity contribution >= 4 is 28.5 Å². The standard InChI is InChI=1S/C23H21ClO5/c24-16-8-6-15(7-9-16)20-13-28-21-12-18(10-11-19(21)23(20)26)27-14-22(25)29-17-4-2-1-3-5-17/h6-13,17H,1-5,14H2. The van der Waals surface area contributed by atoms with E-state index in [2.05, 4.69) is 0 Å². The van der Waals surface area contributed by atoms with Crippen molar-refractivity contribution in [2.45, 2.75) is 38.2 Å². The molecule has 150 valence electrons. The average Bonchev–Trinajstić information content (AvgIpc) is 2.74. The number of hydrogen-bond donors (Lipinski definition) is 0. The van der Waals surface area contributed by atoms with Gasteiger partial charge < -0.3 is 13.9 Å². The van der Waals surface area contributed by atoms with Crippen molar-refractivity contribution in [2.75, 3.05) is 6.61 Å². The topological polar surface area (TPSA) is 65.7 Å². The fraction of sp³-hybridized carbons (Fsp3) is 0.304. The van der Waals surface area contributed by atoms with Gasteiger partial charge in [0.25, 0.3) is 0 Å². The first-order valence-corrected chi connectivity index (χ1v) is 10.1. The molecule has 0 N–H and O–H groups in total. The van der Waals surface area contributed by atoms with Crippen molar-refractivity contribution < 1.29 is 18.7 Å². The maximum absolute atomic E-state index is 12.8. The van der Waals surface area contributed by atoms with Crippen LogP contribution in [0.5, 0.6) is 5.75 Å². The minimum absolute atomic E-state index is 0.000707. The summed E-state index contributed by atoms with van der Waals surface area (Å²) in [6.07, 6.45) is 6.66. The van der Waals surface area contributed by atoms with Crippen LogP contribution in [0.15, 0.2) is 57.9 Å². The summed E-state index contributed by atoms with van der Waals surface area (Å²) in [7, 11) is 0. The Hall–Kier alpha value is -2.79. The number of fused-ring (bicyclic) bond motifs is 1. The van der Waals surface area contributed by atoms with Crippen LogP contribution >= 0.6 is 11.6 Å². The molecule has 0 bridgehead atoms. The Balaban J connectivity index is 1.46. The highest BCUT2D eigenvalue weighted by Gasteiger charge is 2.18. The van der Waals surface area contributed by atoms with Crippen LogP contribution in [0.2, 0.25) is 5.02 Å². The predicted octanol–water partition coefficient (Wildman–Crippen LogP) is 5.37. The molecule has 0 amide bonds. The molecule has 1 fully saturated rings. The molecule has 6 heteroatoms. The number of carbonyl (C=O) groups excluding carboxylic acids is 1. The molecule has 4 rings (SSSR count). The van der Waals surface area contributed by atoms with Crippen LogP contribution < -0.4 is 10.2 Å². The Morgan fingerprint density at radius 1 is 1.07 bits per heavy atom. The highest BCUT2D eigenvalue weighted by atomic mass is 35.5. The molecule has 29 heavy (non-hydrogen) atoms. The zero-order chi connectivity index (χ0) is 20.2. The molecule has 0 aliphatic heterocycles. The summed E-state index contributed by atoms with van der Waals surface area (Å²) in [5, 5.41) is 1.04. The van der Waals surface area contributed by atoms with Crippen LogP contribution in [0.1, 0.15) is 32.1 Å².